The number of unbranched alkanes of at least 4 members (excludes halogenated alkanes) is 3. The first-order chi connectivity index (χ1) is 9.13. The smallest absolute Gasteiger partial charge is 0.243 e. The monoisotopic (exact) mass is 305 g/mol. The second kappa shape index (κ2) is 9.02. The third-order valence-electron chi connectivity index (χ3n) is 2.58. The van der Waals surface area contributed by atoms with E-state index in [0.717, 1.165) is 25.7 Å². The van der Waals surface area contributed by atoms with Crippen LogP contribution in [0, 0.1) is 0 Å². The highest BCUT2D eigenvalue weighted by Gasteiger charge is 2.01. The molecule has 0 saturated heterocycles. The molecule has 0 aliphatic rings. The van der Waals surface area contributed by atoms with Gasteiger partial charge in [-0.2, -0.15) is 0 Å². The van der Waals surface area contributed by atoms with Crippen LogP contribution in [0.2, 0.25) is 10.0 Å². The number of benzene rings is 1. The van der Waals surface area contributed by atoms with Crippen molar-refractivity contribution in [2.24, 2.45) is 0 Å². The van der Waals surface area contributed by atoms with E-state index in [4.69, 9.17) is 33.1 Å². The Bertz CT molecular complexity index is 413. The van der Waals surface area contributed by atoms with Crippen LogP contribution in [0.25, 0.3) is 0 Å². The fourth-order valence-corrected chi connectivity index (χ4v) is 1.84. The van der Waals surface area contributed by atoms with Gasteiger partial charge in [-0.05, 0) is 25.0 Å². The van der Waals surface area contributed by atoms with Gasteiger partial charge in [0.2, 0.25) is 5.91 Å². The van der Waals surface area contributed by atoms with Gasteiger partial charge in [0.1, 0.15) is 5.75 Å². The van der Waals surface area contributed by atoms with Crippen LogP contribution in [0.15, 0.2) is 18.2 Å². The summed E-state index contributed by atoms with van der Waals surface area (Å²) < 4.78 is 5.53. The molecule has 2 N–H and O–H groups in total. The molecule has 0 bridgehead atoms. The molecule has 19 heavy (non-hydrogen) atoms. The second-order valence-corrected chi connectivity index (χ2v) is 4.94. The summed E-state index contributed by atoms with van der Waals surface area (Å²) in [4.78, 5) is 10.7. The Morgan fingerprint density at radius 1 is 1.16 bits per heavy atom. The van der Waals surface area contributed by atoms with Crippen LogP contribution in [0.4, 0.5) is 0 Å². The largest absolute Gasteiger partial charge is 0.494 e. The standard InChI is InChI=1S/C13H17Cl2NO3/c14-11-7-6-10(9-12(11)15)19-8-4-2-1-3-5-13(17)16-18/h6-7,9,18H,1-5,8H2,(H,16,17). The van der Waals surface area contributed by atoms with Gasteiger partial charge in [0.15, 0.2) is 0 Å². The van der Waals surface area contributed by atoms with E-state index in [2.05, 4.69) is 0 Å². The van der Waals surface area contributed by atoms with Crippen LogP contribution in [0.3, 0.4) is 0 Å². The molecule has 1 rings (SSSR count). The average Bonchev–Trinajstić information content (AvgIpc) is 2.41. The summed E-state index contributed by atoms with van der Waals surface area (Å²) in [5.41, 5.74) is 1.61. The maximum absolute atomic E-state index is 10.7. The van der Waals surface area contributed by atoms with Gasteiger partial charge in [-0.25, -0.2) is 5.48 Å². The first-order valence-corrected chi connectivity index (χ1v) is 6.90. The molecule has 0 atom stereocenters. The molecule has 0 fully saturated rings. The fourth-order valence-electron chi connectivity index (χ4n) is 1.55. The number of nitrogens with one attached hydrogen (secondary N) is 1. The summed E-state index contributed by atoms with van der Waals surface area (Å²) in [5, 5.41) is 9.29. The normalized spacial score (nSPS) is 10.3. The Morgan fingerprint density at radius 3 is 2.58 bits per heavy atom. The van der Waals surface area contributed by atoms with Gasteiger partial charge >= 0.3 is 0 Å². The van der Waals surface area contributed by atoms with Gasteiger partial charge in [0, 0.05) is 12.5 Å². The van der Waals surface area contributed by atoms with E-state index >= 15 is 0 Å². The van der Waals surface area contributed by atoms with Crippen LogP contribution in [0.1, 0.15) is 32.1 Å². The molecule has 0 heterocycles. The summed E-state index contributed by atoms with van der Waals surface area (Å²) in [7, 11) is 0. The topological polar surface area (TPSA) is 58.6 Å². The minimum Gasteiger partial charge on any atom is -0.494 e. The summed E-state index contributed by atoms with van der Waals surface area (Å²) >= 11 is 11.7. The SMILES string of the molecule is O=C(CCCCCCOc1ccc(Cl)c(Cl)c1)NO. The lowest BCUT2D eigenvalue weighted by atomic mass is 10.1. The number of carbonyl (C=O) groups is 1. The number of hydroxylamine groups is 1. The van der Waals surface area contributed by atoms with E-state index in [-0.39, 0.29) is 5.91 Å². The minimum atomic E-state index is -0.341. The second-order valence-electron chi connectivity index (χ2n) is 4.12. The Hall–Kier alpha value is -0.970. The molecule has 6 heteroatoms. The lowest BCUT2D eigenvalue weighted by molar-refractivity contribution is -0.129. The van der Waals surface area contributed by atoms with Crippen molar-refractivity contribution in [3.8, 4) is 5.75 Å². The number of amides is 1. The molecule has 1 aromatic rings. The molecular formula is C13H17Cl2NO3. The van der Waals surface area contributed by atoms with E-state index in [9.17, 15) is 4.79 Å². The Balaban J connectivity index is 2.07. The van der Waals surface area contributed by atoms with Crippen molar-refractivity contribution >= 4 is 29.1 Å². The third-order valence-corrected chi connectivity index (χ3v) is 3.32. The molecule has 1 amide bonds. The lowest BCUT2D eigenvalue weighted by Crippen LogP contribution is -2.17. The molecular weight excluding hydrogens is 289 g/mol. The summed E-state index contributed by atoms with van der Waals surface area (Å²) in [6.07, 6.45) is 3.92. The highest BCUT2D eigenvalue weighted by Crippen LogP contribution is 2.26. The number of carbonyl (C=O) groups excluding carboxylic acids is 1. The van der Waals surface area contributed by atoms with Crippen molar-refractivity contribution in [2.45, 2.75) is 32.1 Å². The maximum atomic E-state index is 10.7. The number of ether oxygens (including phenoxy) is 1. The molecule has 0 spiro atoms. The molecule has 1 aromatic carbocycles. The highest BCUT2D eigenvalue weighted by atomic mass is 35.5. The van der Waals surface area contributed by atoms with Crippen LogP contribution in [-0.4, -0.2) is 17.7 Å². The molecule has 0 radical (unpaired) electrons. The molecule has 0 aromatic heterocycles. The zero-order valence-electron chi connectivity index (χ0n) is 10.5. The Morgan fingerprint density at radius 2 is 1.89 bits per heavy atom. The van der Waals surface area contributed by atoms with Crippen molar-refractivity contribution in [2.75, 3.05) is 6.61 Å². The maximum Gasteiger partial charge on any atom is 0.243 e. The van der Waals surface area contributed by atoms with Gasteiger partial charge in [-0.15, -0.1) is 0 Å². The first kappa shape index (κ1) is 16.1. The first-order valence-electron chi connectivity index (χ1n) is 6.14. The number of hydrogen-bond acceptors (Lipinski definition) is 3. The molecule has 0 aliphatic heterocycles. The van der Waals surface area contributed by atoms with E-state index < -0.39 is 0 Å². The van der Waals surface area contributed by atoms with Crippen LogP contribution < -0.4 is 10.2 Å². The van der Waals surface area contributed by atoms with E-state index in [0.29, 0.717) is 28.8 Å². The predicted molar refractivity (Wildman–Crippen MR) is 75.0 cm³/mol. The summed E-state index contributed by atoms with van der Waals surface area (Å²) in [6.45, 7) is 0.601. The van der Waals surface area contributed by atoms with E-state index in [1.807, 2.05) is 0 Å². The molecule has 4 nitrogen and oxygen atoms in total. The van der Waals surface area contributed by atoms with E-state index in [1.54, 1.807) is 23.7 Å². The van der Waals surface area contributed by atoms with Crippen LogP contribution >= 0.6 is 23.2 Å². The van der Waals surface area contributed by atoms with Crippen LogP contribution in [-0.2, 0) is 4.79 Å². The minimum absolute atomic E-state index is 0.341. The van der Waals surface area contributed by atoms with Crippen molar-refractivity contribution in [3.63, 3.8) is 0 Å². The zero-order chi connectivity index (χ0) is 14.1. The summed E-state index contributed by atoms with van der Waals surface area (Å²) in [5.74, 6) is 0.362. The molecule has 0 saturated carbocycles. The van der Waals surface area contributed by atoms with Crippen LogP contribution in [0.5, 0.6) is 5.75 Å². The molecule has 0 unspecified atom stereocenters. The number of hydrogen-bond donors (Lipinski definition) is 2. The summed E-state index contributed by atoms with van der Waals surface area (Å²) in [6, 6.07) is 5.17. The Kier molecular flexibility index (Phi) is 7.63. The number of halogens is 2. The molecule has 106 valence electrons. The van der Waals surface area contributed by atoms with Gasteiger partial charge in [0.25, 0.3) is 0 Å². The lowest BCUT2D eigenvalue weighted by Gasteiger charge is -2.07. The fraction of sp³-hybridized carbons (Fsp3) is 0.462. The number of rotatable bonds is 8. The quantitative estimate of drug-likeness (QED) is 0.436. The third kappa shape index (κ3) is 6.66. The molecule has 0 aliphatic carbocycles. The van der Waals surface area contributed by atoms with Gasteiger partial charge in [-0.3, -0.25) is 10.0 Å². The van der Waals surface area contributed by atoms with Crippen molar-refractivity contribution in [1.82, 2.24) is 5.48 Å². The highest BCUT2D eigenvalue weighted by molar-refractivity contribution is 6.42. The van der Waals surface area contributed by atoms with E-state index in [1.165, 1.54) is 0 Å². The van der Waals surface area contributed by atoms with Crippen molar-refractivity contribution in [1.29, 1.82) is 0 Å². The zero-order valence-corrected chi connectivity index (χ0v) is 12.0. The Labute approximate surface area is 122 Å². The average molecular weight is 306 g/mol. The van der Waals surface area contributed by atoms with Crippen molar-refractivity contribution in [3.05, 3.63) is 28.2 Å². The van der Waals surface area contributed by atoms with Gasteiger partial charge in [-0.1, -0.05) is 36.0 Å². The predicted octanol–water partition coefficient (Wildman–Crippen LogP) is 3.83. The van der Waals surface area contributed by atoms with Crippen molar-refractivity contribution < 1.29 is 14.7 Å². The van der Waals surface area contributed by atoms with Gasteiger partial charge in [0.05, 0.1) is 16.7 Å². The van der Waals surface area contributed by atoms with Gasteiger partial charge < -0.3 is 4.74 Å².